The molecule has 28 heavy (non-hydrogen) atoms. The Bertz CT molecular complexity index is 1030. The summed E-state index contributed by atoms with van der Waals surface area (Å²) in [6, 6.07) is 15.0. The number of carbonyl (C=O) groups is 1. The number of nitrogens with one attached hydrogen (secondary N) is 1. The molecule has 0 saturated carbocycles. The molecule has 0 bridgehead atoms. The van der Waals surface area contributed by atoms with Crippen molar-refractivity contribution in [3.05, 3.63) is 82.4 Å². The van der Waals surface area contributed by atoms with Crippen LogP contribution in [0.5, 0.6) is 5.75 Å². The smallest absolute Gasteiger partial charge is 0.277 e. The molecule has 0 atom stereocenters. The number of rotatable bonds is 7. The Balaban J connectivity index is 1.55. The number of carbonyl (C=O) groups excluding carboxylic acids is 1. The number of nitro groups is 1. The van der Waals surface area contributed by atoms with Crippen LogP contribution in [0.4, 0.5) is 10.1 Å². The van der Waals surface area contributed by atoms with Gasteiger partial charge in [-0.15, -0.1) is 0 Å². The van der Waals surface area contributed by atoms with Crippen LogP contribution >= 0.6 is 0 Å². The van der Waals surface area contributed by atoms with E-state index in [9.17, 15) is 19.3 Å². The number of nitrogens with zero attached hydrogens (tertiary/aromatic N) is 2. The van der Waals surface area contributed by atoms with Crippen molar-refractivity contribution in [2.75, 3.05) is 6.61 Å². The van der Waals surface area contributed by atoms with Crippen LogP contribution in [0.3, 0.4) is 0 Å². The maximum Gasteiger partial charge on any atom is 0.277 e. The molecule has 0 aliphatic carbocycles. The lowest BCUT2D eigenvalue weighted by Gasteiger charge is -2.05. The standard InChI is InChI=1S/C19H14FN3O5/c20-16-6-1-2-7-18(16)27-12-19(24)22-21-11-15-8-9-17(28-15)13-4-3-5-14(10-13)23(25)26/h1-11H,12H2,(H,22,24)/b21-11-. The second-order valence-corrected chi connectivity index (χ2v) is 5.52. The Hall–Kier alpha value is -4.01. The number of para-hydroxylation sites is 1. The van der Waals surface area contributed by atoms with Crippen molar-refractivity contribution in [1.82, 2.24) is 5.43 Å². The Kier molecular flexibility index (Phi) is 5.75. The summed E-state index contributed by atoms with van der Waals surface area (Å²) in [4.78, 5) is 22.0. The number of hydrogen-bond donors (Lipinski definition) is 1. The lowest BCUT2D eigenvalue weighted by molar-refractivity contribution is -0.384. The van der Waals surface area contributed by atoms with Gasteiger partial charge in [0.05, 0.1) is 11.1 Å². The first-order chi connectivity index (χ1) is 13.5. The molecule has 1 N–H and O–H groups in total. The van der Waals surface area contributed by atoms with E-state index in [0.29, 0.717) is 17.1 Å². The summed E-state index contributed by atoms with van der Waals surface area (Å²) < 4.78 is 24.0. The van der Waals surface area contributed by atoms with Gasteiger partial charge < -0.3 is 9.15 Å². The van der Waals surface area contributed by atoms with E-state index in [1.54, 1.807) is 30.3 Å². The maximum atomic E-state index is 13.4. The Morgan fingerprint density at radius 1 is 1.21 bits per heavy atom. The van der Waals surface area contributed by atoms with Crippen molar-refractivity contribution in [1.29, 1.82) is 0 Å². The summed E-state index contributed by atoms with van der Waals surface area (Å²) in [7, 11) is 0. The van der Waals surface area contributed by atoms with E-state index in [0.717, 1.165) is 0 Å². The second-order valence-electron chi connectivity index (χ2n) is 5.52. The fraction of sp³-hybridized carbons (Fsp3) is 0.0526. The van der Waals surface area contributed by atoms with Gasteiger partial charge in [-0.2, -0.15) is 5.10 Å². The lowest BCUT2D eigenvalue weighted by Crippen LogP contribution is -2.24. The molecule has 0 unspecified atom stereocenters. The minimum Gasteiger partial charge on any atom is -0.481 e. The van der Waals surface area contributed by atoms with Gasteiger partial charge >= 0.3 is 0 Å². The van der Waals surface area contributed by atoms with E-state index in [1.165, 1.54) is 36.5 Å². The van der Waals surface area contributed by atoms with E-state index in [1.807, 2.05) is 0 Å². The van der Waals surface area contributed by atoms with Gasteiger partial charge in [0.15, 0.2) is 18.2 Å². The van der Waals surface area contributed by atoms with E-state index < -0.39 is 23.3 Å². The Morgan fingerprint density at radius 2 is 2.04 bits per heavy atom. The Morgan fingerprint density at radius 3 is 2.82 bits per heavy atom. The molecule has 1 heterocycles. The van der Waals surface area contributed by atoms with Gasteiger partial charge in [0.1, 0.15) is 11.5 Å². The third kappa shape index (κ3) is 4.79. The molecule has 0 aliphatic heterocycles. The predicted octanol–water partition coefficient (Wildman–Crippen LogP) is 3.52. The summed E-state index contributed by atoms with van der Waals surface area (Å²) in [6.07, 6.45) is 1.27. The molecular weight excluding hydrogens is 369 g/mol. The molecule has 142 valence electrons. The van der Waals surface area contributed by atoms with E-state index in [-0.39, 0.29) is 11.4 Å². The SMILES string of the molecule is O=C(COc1ccccc1F)N/N=C\c1ccc(-c2cccc([N+](=O)[O-])c2)o1. The maximum absolute atomic E-state index is 13.4. The van der Waals surface area contributed by atoms with Crippen molar-refractivity contribution in [2.45, 2.75) is 0 Å². The fourth-order valence-electron chi connectivity index (χ4n) is 2.26. The van der Waals surface area contributed by atoms with Crippen molar-refractivity contribution < 1.29 is 23.3 Å². The molecule has 0 radical (unpaired) electrons. The molecule has 0 spiro atoms. The number of nitro benzene ring substituents is 1. The molecule has 9 heteroatoms. The van der Waals surface area contributed by atoms with Gasteiger partial charge in [0.25, 0.3) is 11.6 Å². The van der Waals surface area contributed by atoms with Gasteiger partial charge in [0, 0.05) is 17.7 Å². The molecule has 2 aromatic carbocycles. The number of amides is 1. The van der Waals surface area contributed by atoms with Crippen molar-refractivity contribution in [3.63, 3.8) is 0 Å². The van der Waals surface area contributed by atoms with Crippen molar-refractivity contribution >= 4 is 17.8 Å². The fourth-order valence-corrected chi connectivity index (χ4v) is 2.26. The third-order valence-electron chi connectivity index (χ3n) is 3.54. The summed E-state index contributed by atoms with van der Waals surface area (Å²) in [6.45, 7) is -0.407. The molecule has 0 fully saturated rings. The van der Waals surface area contributed by atoms with Crippen LogP contribution in [-0.4, -0.2) is 23.7 Å². The summed E-state index contributed by atoms with van der Waals surface area (Å²) in [5.74, 6) is -0.432. The normalized spacial score (nSPS) is 10.8. The van der Waals surface area contributed by atoms with Gasteiger partial charge in [-0.05, 0) is 24.3 Å². The van der Waals surface area contributed by atoms with Crippen molar-refractivity contribution in [3.8, 4) is 17.1 Å². The van der Waals surface area contributed by atoms with E-state index >= 15 is 0 Å². The highest BCUT2D eigenvalue weighted by molar-refractivity contribution is 5.81. The first-order valence-corrected chi connectivity index (χ1v) is 8.07. The largest absolute Gasteiger partial charge is 0.481 e. The van der Waals surface area contributed by atoms with Gasteiger partial charge in [0.2, 0.25) is 0 Å². The zero-order chi connectivity index (χ0) is 19.9. The average Bonchev–Trinajstić information content (AvgIpc) is 3.16. The zero-order valence-corrected chi connectivity index (χ0v) is 14.4. The second kappa shape index (κ2) is 8.58. The first kappa shape index (κ1) is 18.8. The highest BCUT2D eigenvalue weighted by Gasteiger charge is 2.10. The molecule has 3 rings (SSSR count). The van der Waals surface area contributed by atoms with Crippen LogP contribution in [-0.2, 0) is 4.79 Å². The quantitative estimate of drug-likeness (QED) is 0.382. The highest BCUT2D eigenvalue weighted by atomic mass is 19.1. The van der Waals surface area contributed by atoms with Crippen LogP contribution in [0.15, 0.2) is 70.2 Å². The molecule has 0 aliphatic rings. The van der Waals surface area contributed by atoms with Crippen LogP contribution in [0, 0.1) is 15.9 Å². The predicted molar refractivity (Wildman–Crippen MR) is 98.4 cm³/mol. The number of furan rings is 1. The third-order valence-corrected chi connectivity index (χ3v) is 3.54. The summed E-state index contributed by atoms with van der Waals surface area (Å²) in [5.41, 5.74) is 2.72. The van der Waals surface area contributed by atoms with Crippen LogP contribution in [0.1, 0.15) is 5.76 Å². The van der Waals surface area contributed by atoms with Crippen molar-refractivity contribution in [2.24, 2.45) is 5.10 Å². The van der Waals surface area contributed by atoms with Crippen LogP contribution < -0.4 is 10.2 Å². The lowest BCUT2D eigenvalue weighted by atomic mass is 10.1. The minimum absolute atomic E-state index is 0.0331. The minimum atomic E-state index is -0.579. The van der Waals surface area contributed by atoms with Gasteiger partial charge in [-0.3, -0.25) is 14.9 Å². The molecule has 1 aromatic heterocycles. The number of ether oxygens (including phenoxy) is 1. The molecule has 1 amide bonds. The van der Waals surface area contributed by atoms with E-state index in [4.69, 9.17) is 9.15 Å². The van der Waals surface area contributed by atoms with Gasteiger partial charge in [-0.25, -0.2) is 9.82 Å². The molecule has 3 aromatic rings. The highest BCUT2D eigenvalue weighted by Crippen LogP contribution is 2.25. The summed E-state index contributed by atoms with van der Waals surface area (Å²) in [5, 5.41) is 14.6. The van der Waals surface area contributed by atoms with E-state index in [2.05, 4.69) is 10.5 Å². The number of hydrazone groups is 1. The first-order valence-electron chi connectivity index (χ1n) is 8.07. The van der Waals surface area contributed by atoms with Crippen LogP contribution in [0.2, 0.25) is 0 Å². The molecule has 8 nitrogen and oxygen atoms in total. The number of non-ortho nitro benzene ring substituents is 1. The number of hydrogen-bond acceptors (Lipinski definition) is 6. The monoisotopic (exact) mass is 383 g/mol. The zero-order valence-electron chi connectivity index (χ0n) is 14.4. The molecule has 0 saturated heterocycles. The van der Waals surface area contributed by atoms with Gasteiger partial charge in [-0.1, -0.05) is 24.3 Å². The number of benzene rings is 2. The Labute approximate surface area is 158 Å². The van der Waals surface area contributed by atoms with Crippen LogP contribution in [0.25, 0.3) is 11.3 Å². The topological polar surface area (TPSA) is 107 Å². The molecular formula is C19H14FN3O5. The average molecular weight is 383 g/mol. The number of halogens is 1. The summed E-state index contributed by atoms with van der Waals surface area (Å²) >= 11 is 0.